The Labute approximate surface area is 118 Å². The minimum absolute atomic E-state index is 0.223. The quantitative estimate of drug-likeness (QED) is 0.794. The molecule has 2 rings (SSSR count). The number of hydrogen-bond acceptors (Lipinski definition) is 2. The summed E-state index contributed by atoms with van der Waals surface area (Å²) >= 11 is 0. The maximum atomic E-state index is 11.9. The van der Waals surface area contributed by atoms with Gasteiger partial charge in [-0.2, -0.15) is 0 Å². The summed E-state index contributed by atoms with van der Waals surface area (Å²) in [5.74, 6) is -0.981. The van der Waals surface area contributed by atoms with Gasteiger partial charge in [0.25, 0.3) is 0 Å². The molecule has 3 N–H and O–H groups in total. The smallest absolute Gasteiger partial charge is 0.336 e. The van der Waals surface area contributed by atoms with Crippen LogP contribution in [0.4, 0.5) is 10.5 Å². The molecular formula is C15H20N2O3. The lowest BCUT2D eigenvalue weighted by atomic mass is 10.0. The summed E-state index contributed by atoms with van der Waals surface area (Å²) < 4.78 is 0. The van der Waals surface area contributed by atoms with Gasteiger partial charge in [-0.15, -0.1) is 0 Å². The number of nitrogens with one attached hydrogen (secondary N) is 2. The van der Waals surface area contributed by atoms with Gasteiger partial charge in [-0.25, -0.2) is 9.59 Å². The van der Waals surface area contributed by atoms with Crippen molar-refractivity contribution in [2.24, 2.45) is 0 Å². The Morgan fingerprint density at radius 2 is 1.85 bits per heavy atom. The fourth-order valence-corrected chi connectivity index (χ4v) is 2.58. The van der Waals surface area contributed by atoms with Crippen LogP contribution in [-0.2, 0) is 0 Å². The average molecular weight is 276 g/mol. The topological polar surface area (TPSA) is 78.4 Å². The number of urea groups is 1. The summed E-state index contributed by atoms with van der Waals surface area (Å²) in [6, 6.07) is 3.26. The summed E-state index contributed by atoms with van der Waals surface area (Å²) in [6.07, 6.45) is 4.33. The van der Waals surface area contributed by atoms with Crippen molar-refractivity contribution in [1.29, 1.82) is 0 Å². The number of benzene rings is 1. The van der Waals surface area contributed by atoms with Gasteiger partial charge in [-0.1, -0.05) is 12.8 Å². The zero-order valence-corrected chi connectivity index (χ0v) is 11.8. The first kappa shape index (κ1) is 14.4. The van der Waals surface area contributed by atoms with Crippen LogP contribution in [0.3, 0.4) is 0 Å². The highest BCUT2D eigenvalue weighted by molar-refractivity contribution is 5.94. The summed E-state index contributed by atoms with van der Waals surface area (Å²) in [5, 5.41) is 14.8. The van der Waals surface area contributed by atoms with E-state index in [4.69, 9.17) is 5.11 Å². The van der Waals surface area contributed by atoms with Crippen LogP contribution in [0.2, 0.25) is 0 Å². The maximum Gasteiger partial charge on any atom is 0.336 e. The van der Waals surface area contributed by atoms with E-state index < -0.39 is 5.97 Å². The van der Waals surface area contributed by atoms with Gasteiger partial charge in [-0.05, 0) is 49.9 Å². The fourth-order valence-electron chi connectivity index (χ4n) is 2.58. The maximum absolute atomic E-state index is 11.9. The van der Waals surface area contributed by atoms with Gasteiger partial charge < -0.3 is 15.7 Å². The summed E-state index contributed by atoms with van der Waals surface area (Å²) in [5.41, 5.74) is 2.31. The van der Waals surface area contributed by atoms with E-state index in [0.717, 1.165) is 36.8 Å². The van der Waals surface area contributed by atoms with Crippen LogP contribution in [0.15, 0.2) is 12.1 Å². The lowest BCUT2D eigenvalue weighted by molar-refractivity contribution is 0.0696. The molecule has 1 fully saturated rings. The van der Waals surface area contributed by atoms with Crippen molar-refractivity contribution in [2.45, 2.75) is 45.6 Å². The van der Waals surface area contributed by atoms with Crippen molar-refractivity contribution in [1.82, 2.24) is 5.32 Å². The number of carboxylic acids is 1. The number of aromatic carboxylic acids is 1. The lowest BCUT2D eigenvalue weighted by Gasteiger charge is -2.14. The van der Waals surface area contributed by atoms with E-state index in [2.05, 4.69) is 10.6 Å². The third-order valence-electron chi connectivity index (χ3n) is 3.85. The van der Waals surface area contributed by atoms with Crippen LogP contribution in [0, 0.1) is 13.8 Å². The molecule has 5 heteroatoms. The third-order valence-corrected chi connectivity index (χ3v) is 3.85. The van der Waals surface area contributed by atoms with Gasteiger partial charge in [0.05, 0.1) is 5.56 Å². The molecule has 0 aromatic heterocycles. The molecule has 1 aromatic rings. The number of carbonyl (C=O) groups excluding carboxylic acids is 1. The zero-order valence-electron chi connectivity index (χ0n) is 11.8. The molecule has 0 bridgehead atoms. The molecule has 20 heavy (non-hydrogen) atoms. The molecule has 1 aromatic carbocycles. The Kier molecular flexibility index (Phi) is 4.27. The Hall–Kier alpha value is -2.04. The number of aryl methyl sites for hydroxylation is 1. The van der Waals surface area contributed by atoms with Crippen LogP contribution in [-0.4, -0.2) is 23.1 Å². The molecule has 0 aliphatic heterocycles. The van der Waals surface area contributed by atoms with E-state index in [9.17, 15) is 9.59 Å². The monoisotopic (exact) mass is 276 g/mol. The molecule has 0 saturated heterocycles. The predicted octanol–water partition coefficient (Wildman–Crippen LogP) is 3.07. The number of amides is 2. The Balaban J connectivity index is 2.08. The second-order valence-corrected chi connectivity index (χ2v) is 5.35. The van der Waals surface area contributed by atoms with E-state index in [1.165, 1.54) is 6.07 Å². The SMILES string of the molecule is Cc1cc(NC(=O)NC2CCCC2)cc(C(=O)O)c1C. The van der Waals surface area contributed by atoms with Crippen LogP contribution < -0.4 is 10.6 Å². The van der Waals surface area contributed by atoms with E-state index in [-0.39, 0.29) is 17.6 Å². The molecule has 108 valence electrons. The molecule has 0 heterocycles. The van der Waals surface area contributed by atoms with Gasteiger partial charge >= 0.3 is 12.0 Å². The molecule has 0 radical (unpaired) electrons. The molecule has 5 nitrogen and oxygen atoms in total. The van der Waals surface area contributed by atoms with Crippen molar-refractivity contribution in [3.63, 3.8) is 0 Å². The number of carboxylic acid groups (broad SMARTS) is 1. The first-order valence-corrected chi connectivity index (χ1v) is 6.89. The molecule has 1 saturated carbocycles. The standard InChI is InChI=1S/C15H20N2O3/c1-9-7-12(8-13(10(9)2)14(18)19)17-15(20)16-11-5-3-4-6-11/h7-8,11H,3-6H2,1-2H3,(H,18,19)(H2,16,17,20). The number of hydrogen-bond donors (Lipinski definition) is 3. The van der Waals surface area contributed by atoms with E-state index in [1.54, 1.807) is 13.0 Å². The molecule has 0 unspecified atom stereocenters. The van der Waals surface area contributed by atoms with Gasteiger partial charge in [0, 0.05) is 11.7 Å². The van der Waals surface area contributed by atoms with Gasteiger partial charge in [0.2, 0.25) is 0 Å². The molecule has 1 aliphatic carbocycles. The van der Waals surface area contributed by atoms with Crippen LogP contribution in [0.5, 0.6) is 0 Å². The molecule has 1 aliphatic rings. The molecule has 2 amide bonds. The Bertz CT molecular complexity index is 534. The lowest BCUT2D eigenvalue weighted by Crippen LogP contribution is -2.36. The van der Waals surface area contributed by atoms with Crippen molar-refractivity contribution in [2.75, 3.05) is 5.32 Å². The van der Waals surface area contributed by atoms with Crippen molar-refractivity contribution in [3.05, 3.63) is 28.8 Å². The minimum Gasteiger partial charge on any atom is -0.478 e. The zero-order chi connectivity index (χ0) is 14.7. The summed E-state index contributed by atoms with van der Waals surface area (Å²) in [7, 11) is 0. The Morgan fingerprint density at radius 3 is 2.45 bits per heavy atom. The molecule has 0 atom stereocenters. The molecular weight excluding hydrogens is 256 g/mol. The second-order valence-electron chi connectivity index (χ2n) is 5.35. The minimum atomic E-state index is -0.981. The second kappa shape index (κ2) is 5.94. The van der Waals surface area contributed by atoms with Crippen LogP contribution in [0.25, 0.3) is 0 Å². The summed E-state index contributed by atoms with van der Waals surface area (Å²) in [4.78, 5) is 23.0. The average Bonchev–Trinajstić information content (AvgIpc) is 2.85. The van der Waals surface area contributed by atoms with Crippen molar-refractivity contribution >= 4 is 17.7 Å². The Morgan fingerprint density at radius 1 is 1.20 bits per heavy atom. The predicted molar refractivity (Wildman–Crippen MR) is 77.3 cm³/mol. The first-order valence-electron chi connectivity index (χ1n) is 6.89. The number of anilines is 1. The van der Waals surface area contributed by atoms with Crippen LogP contribution >= 0.6 is 0 Å². The van der Waals surface area contributed by atoms with Gasteiger partial charge in [0.15, 0.2) is 0 Å². The number of carbonyl (C=O) groups is 2. The molecule has 0 spiro atoms. The fraction of sp³-hybridized carbons (Fsp3) is 0.467. The normalized spacial score (nSPS) is 15.1. The van der Waals surface area contributed by atoms with Crippen molar-refractivity contribution in [3.8, 4) is 0 Å². The van der Waals surface area contributed by atoms with E-state index in [0.29, 0.717) is 5.69 Å². The van der Waals surface area contributed by atoms with Crippen molar-refractivity contribution < 1.29 is 14.7 Å². The highest BCUT2D eigenvalue weighted by Crippen LogP contribution is 2.21. The van der Waals surface area contributed by atoms with E-state index >= 15 is 0 Å². The number of rotatable bonds is 3. The highest BCUT2D eigenvalue weighted by Gasteiger charge is 2.18. The summed E-state index contributed by atoms with van der Waals surface area (Å²) in [6.45, 7) is 3.60. The third kappa shape index (κ3) is 3.29. The highest BCUT2D eigenvalue weighted by atomic mass is 16.4. The van der Waals surface area contributed by atoms with Gasteiger partial charge in [0.1, 0.15) is 0 Å². The van der Waals surface area contributed by atoms with Gasteiger partial charge in [-0.3, -0.25) is 0 Å². The largest absolute Gasteiger partial charge is 0.478 e. The van der Waals surface area contributed by atoms with E-state index in [1.807, 2.05) is 6.92 Å². The first-order chi connectivity index (χ1) is 9.47. The van der Waals surface area contributed by atoms with Crippen LogP contribution in [0.1, 0.15) is 47.2 Å².